The molecule has 1 unspecified atom stereocenters. The molecule has 0 bridgehead atoms. The van der Waals surface area contributed by atoms with Gasteiger partial charge < -0.3 is 11.1 Å². The molecule has 0 fully saturated rings. The van der Waals surface area contributed by atoms with Gasteiger partial charge in [0.05, 0.1) is 6.04 Å². The molecule has 1 amide bonds. The molecule has 3 N–H and O–H groups in total. The smallest absolute Gasteiger partial charge is 0.350 e. The van der Waals surface area contributed by atoms with Gasteiger partial charge in [0.25, 0.3) is 0 Å². The molecule has 128 valence electrons. The number of hydrogen-bond acceptors (Lipinski definition) is 4. The average molecular weight is 337 g/mol. The SMILES string of the molecule is Nc1ccc2c(c1)CCCC2NC(=O)Cn1nc2ccccn2c1=O. The van der Waals surface area contributed by atoms with E-state index in [-0.39, 0.29) is 24.2 Å². The van der Waals surface area contributed by atoms with Crippen molar-refractivity contribution in [2.75, 3.05) is 5.73 Å². The van der Waals surface area contributed by atoms with Crippen molar-refractivity contribution in [2.45, 2.75) is 31.8 Å². The summed E-state index contributed by atoms with van der Waals surface area (Å²) in [5.74, 6) is -0.222. The lowest BCUT2D eigenvalue weighted by Crippen LogP contribution is -2.36. The first-order valence-electron chi connectivity index (χ1n) is 8.34. The lowest BCUT2D eigenvalue weighted by molar-refractivity contribution is -0.122. The zero-order valence-electron chi connectivity index (χ0n) is 13.7. The topological polar surface area (TPSA) is 94.4 Å². The summed E-state index contributed by atoms with van der Waals surface area (Å²) in [5.41, 5.74) is 9.09. The second kappa shape index (κ2) is 6.08. The molecule has 0 spiro atoms. The van der Waals surface area contributed by atoms with Gasteiger partial charge in [-0.3, -0.25) is 9.20 Å². The molecule has 7 nitrogen and oxygen atoms in total. The molecule has 1 aliphatic rings. The van der Waals surface area contributed by atoms with Crippen molar-refractivity contribution in [3.63, 3.8) is 0 Å². The Hall–Kier alpha value is -3.09. The van der Waals surface area contributed by atoms with Crippen molar-refractivity contribution in [3.8, 4) is 0 Å². The highest BCUT2D eigenvalue weighted by Gasteiger charge is 2.22. The number of benzene rings is 1. The second-order valence-corrected chi connectivity index (χ2v) is 6.34. The molecule has 4 rings (SSSR count). The van der Waals surface area contributed by atoms with Crippen LogP contribution in [0.1, 0.15) is 30.0 Å². The van der Waals surface area contributed by atoms with E-state index in [0.29, 0.717) is 5.65 Å². The molecule has 0 saturated heterocycles. The van der Waals surface area contributed by atoms with Gasteiger partial charge in [0, 0.05) is 11.9 Å². The third kappa shape index (κ3) is 2.88. The monoisotopic (exact) mass is 337 g/mol. The van der Waals surface area contributed by atoms with Gasteiger partial charge in [-0.1, -0.05) is 12.1 Å². The summed E-state index contributed by atoms with van der Waals surface area (Å²) in [6.07, 6.45) is 4.48. The number of pyridine rings is 1. The quantitative estimate of drug-likeness (QED) is 0.704. The maximum absolute atomic E-state index is 12.4. The van der Waals surface area contributed by atoms with E-state index in [0.717, 1.165) is 30.5 Å². The standard InChI is InChI=1S/C18H19N5O2/c19-13-7-8-14-12(10-13)4-3-5-15(14)20-17(24)11-23-18(25)22-9-2-1-6-16(22)21-23/h1-2,6-10,15H,3-5,11,19H2,(H,20,24). The van der Waals surface area contributed by atoms with Crippen molar-refractivity contribution in [1.82, 2.24) is 19.5 Å². The number of hydrogen-bond donors (Lipinski definition) is 2. The minimum atomic E-state index is -0.317. The first-order valence-corrected chi connectivity index (χ1v) is 8.34. The molecule has 1 aliphatic carbocycles. The van der Waals surface area contributed by atoms with Crippen LogP contribution in [0.5, 0.6) is 0 Å². The number of carbonyl (C=O) groups excluding carboxylic acids is 1. The summed E-state index contributed by atoms with van der Waals surface area (Å²) < 4.78 is 2.61. The third-order valence-electron chi connectivity index (χ3n) is 4.60. The largest absolute Gasteiger partial charge is 0.399 e. The van der Waals surface area contributed by atoms with Crippen molar-refractivity contribution in [3.05, 3.63) is 64.2 Å². The average Bonchev–Trinajstić information content (AvgIpc) is 2.91. The minimum Gasteiger partial charge on any atom is -0.399 e. The zero-order chi connectivity index (χ0) is 17.4. The molecule has 25 heavy (non-hydrogen) atoms. The van der Waals surface area contributed by atoms with Crippen LogP contribution in [0.15, 0.2) is 47.4 Å². The summed E-state index contributed by atoms with van der Waals surface area (Å²) in [5, 5.41) is 7.22. The Balaban J connectivity index is 1.53. The highest BCUT2D eigenvalue weighted by molar-refractivity contribution is 5.76. The fraction of sp³-hybridized carbons (Fsp3) is 0.278. The summed E-state index contributed by atoms with van der Waals surface area (Å²) in [6.45, 7) is -0.0959. The van der Waals surface area contributed by atoms with Gasteiger partial charge >= 0.3 is 5.69 Å². The van der Waals surface area contributed by atoms with Gasteiger partial charge in [-0.25, -0.2) is 9.48 Å². The van der Waals surface area contributed by atoms with E-state index in [1.165, 1.54) is 14.6 Å². The Morgan fingerprint density at radius 3 is 3.04 bits per heavy atom. The van der Waals surface area contributed by atoms with Crippen LogP contribution < -0.4 is 16.7 Å². The molecule has 2 heterocycles. The van der Waals surface area contributed by atoms with E-state index in [9.17, 15) is 9.59 Å². The number of nitrogens with two attached hydrogens (primary N) is 1. The fourth-order valence-corrected chi connectivity index (χ4v) is 3.43. The predicted octanol–water partition coefficient (Wildman–Crippen LogP) is 1.27. The van der Waals surface area contributed by atoms with Crippen LogP contribution in [-0.2, 0) is 17.8 Å². The first-order chi connectivity index (χ1) is 12.1. The number of anilines is 1. The number of nitrogen functional groups attached to an aromatic ring is 1. The molecule has 0 aliphatic heterocycles. The Kier molecular flexibility index (Phi) is 3.76. The molecule has 1 aromatic carbocycles. The molecule has 3 aromatic rings. The number of fused-ring (bicyclic) bond motifs is 2. The number of amides is 1. The van der Waals surface area contributed by atoms with Crippen molar-refractivity contribution < 1.29 is 4.79 Å². The number of nitrogens with zero attached hydrogens (tertiary/aromatic N) is 3. The molecule has 7 heteroatoms. The van der Waals surface area contributed by atoms with Gasteiger partial charge in [0.15, 0.2) is 5.65 Å². The maximum Gasteiger partial charge on any atom is 0.350 e. The zero-order valence-corrected chi connectivity index (χ0v) is 13.7. The van der Waals surface area contributed by atoms with Gasteiger partial charge in [-0.15, -0.1) is 5.10 Å². The van der Waals surface area contributed by atoms with Crippen LogP contribution in [0.4, 0.5) is 5.69 Å². The number of aromatic nitrogens is 3. The lowest BCUT2D eigenvalue weighted by atomic mass is 9.87. The summed E-state index contributed by atoms with van der Waals surface area (Å²) in [7, 11) is 0. The normalized spacial score (nSPS) is 16.6. The molecule has 2 aromatic heterocycles. The number of aryl methyl sites for hydroxylation is 1. The van der Waals surface area contributed by atoms with Gasteiger partial charge in [0.1, 0.15) is 6.54 Å². The Morgan fingerprint density at radius 2 is 2.20 bits per heavy atom. The van der Waals surface area contributed by atoms with E-state index in [4.69, 9.17) is 5.73 Å². The number of nitrogens with one attached hydrogen (secondary N) is 1. The van der Waals surface area contributed by atoms with Gasteiger partial charge in [0.2, 0.25) is 5.91 Å². The van der Waals surface area contributed by atoms with Crippen LogP contribution in [-0.4, -0.2) is 20.1 Å². The van der Waals surface area contributed by atoms with Crippen LogP contribution in [0.2, 0.25) is 0 Å². The van der Waals surface area contributed by atoms with Gasteiger partial charge in [-0.05, 0) is 54.7 Å². The third-order valence-corrected chi connectivity index (χ3v) is 4.60. The summed E-state index contributed by atoms with van der Waals surface area (Å²) in [6, 6.07) is 11.0. The van der Waals surface area contributed by atoms with Crippen molar-refractivity contribution >= 4 is 17.2 Å². The number of rotatable bonds is 3. The van der Waals surface area contributed by atoms with E-state index in [2.05, 4.69) is 10.4 Å². The highest BCUT2D eigenvalue weighted by atomic mass is 16.2. The van der Waals surface area contributed by atoms with Crippen LogP contribution in [0.3, 0.4) is 0 Å². The van der Waals surface area contributed by atoms with E-state index in [1.54, 1.807) is 24.4 Å². The Labute approximate surface area is 144 Å². The summed E-state index contributed by atoms with van der Waals surface area (Å²) >= 11 is 0. The molecular weight excluding hydrogens is 318 g/mol. The molecule has 1 atom stereocenters. The predicted molar refractivity (Wildman–Crippen MR) is 94.1 cm³/mol. The van der Waals surface area contributed by atoms with Crippen molar-refractivity contribution in [2.24, 2.45) is 0 Å². The molecule has 0 radical (unpaired) electrons. The minimum absolute atomic E-state index is 0.0513. The highest BCUT2D eigenvalue weighted by Crippen LogP contribution is 2.30. The van der Waals surface area contributed by atoms with Crippen LogP contribution in [0.25, 0.3) is 5.65 Å². The van der Waals surface area contributed by atoms with Crippen LogP contribution >= 0.6 is 0 Å². The first kappa shape index (κ1) is 15.4. The molecular formula is C18H19N5O2. The Morgan fingerprint density at radius 1 is 1.32 bits per heavy atom. The van der Waals surface area contributed by atoms with E-state index < -0.39 is 0 Å². The maximum atomic E-state index is 12.4. The Bertz CT molecular complexity index is 1000. The van der Waals surface area contributed by atoms with E-state index in [1.807, 2.05) is 18.2 Å². The van der Waals surface area contributed by atoms with E-state index >= 15 is 0 Å². The summed E-state index contributed by atoms with van der Waals surface area (Å²) in [4.78, 5) is 24.7. The van der Waals surface area contributed by atoms with Crippen LogP contribution in [0, 0.1) is 0 Å². The van der Waals surface area contributed by atoms with Crippen molar-refractivity contribution in [1.29, 1.82) is 0 Å². The number of carbonyl (C=O) groups is 1. The lowest BCUT2D eigenvalue weighted by Gasteiger charge is -2.26. The fourth-order valence-electron chi connectivity index (χ4n) is 3.43. The second-order valence-electron chi connectivity index (χ2n) is 6.34. The van der Waals surface area contributed by atoms with Gasteiger partial charge in [-0.2, -0.15) is 0 Å². The molecule has 0 saturated carbocycles.